The summed E-state index contributed by atoms with van der Waals surface area (Å²) in [6.07, 6.45) is 0. The Morgan fingerprint density at radius 2 is 1.59 bits per heavy atom. The van der Waals surface area contributed by atoms with Crippen molar-refractivity contribution in [2.75, 3.05) is 38.0 Å². The molecule has 1 fully saturated rings. The number of carbonyl (C=O) groups is 1. The number of benzene rings is 2. The molecule has 29 heavy (non-hydrogen) atoms. The predicted molar refractivity (Wildman–Crippen MR) is 124 cm³/mol. The summed E-state index contributed by atoms with van der Waals surface area (Å²) in [5.41, 5.74) is 1.88. The second-order valence-corrected chi connectivity index (χ2v) is 10.6. The highest BCUT2D eigenvalue weighted by Gasteiger charge is 2.29. The molecule has 1 aliphatic rings. The molecule has 1 saturated heterocycles. The van der Waals surface area contributed by atoms with Gasteiger partial charge in [-0.05, 0) is 70.5 Å². The molecule has 2 aromatic carbocycles. The monoisotopic (exact) mass is 527 g/mol. The van der Waals surface area contributed by atoms with E-state index in [1.807, 2.05) is 41.3 Å². The fraction of sp³-hybridized carbons (Fsp3) is 0.381. The van der Waals surface area contributed by atoms with Crippen LogP contribution in [0.15, 0.2) is 53.4 Å². The molecule has 0 aromatic heterocycles. The van der Waals surface area contributed by atoms with Crippen molar-refractivity contribution in [3.63, 3.8) is 0 Å². The van der Waals surface area contributed by atoms with Gasteiger partial charge in [0.15, 0.2) is 0 Å². The molecule has 0 aliphatic carbocycles. The van der Waals surface area contributed by atoms with Crippen LogP contribution in [0.4, 0.5) is 5.69 Å². The summed E-state index contributed by atoms with van der Waals surface area (Å²) in [5.74, 6) is 0.271. The molecule has 1 amide bonds. The van der Waals surface area contributed by atoms with E-state index in [0.29, 0.717) is 37.0 Å². The number of anilines is 1. The minimum atomic E-state index is -3.50. The Morgan fingerprint density at radius 1 is 1.00 bits per heavy atom. The molecule has 0 unspecified atom stereocenters. The zero-order chi connectivity index (χ0) is 21.0. The second-order valence-electron chi connectivity index (χ2n) is 7.46. The summed E-state index contributed by atoms with van der Waals surface area (Å²) in [6, 6.07) is 14.7. The first-order chi connectivity index (χ1) is 13.8. The van der Waals surface area contributed by atoms with Gasteiger partial charge in [0.05, 0.1) is 11.4 Å². The largest absolute Gasteiger partial charge is 0.325 e. The molecule has 0 spiro atoms. The smallest absolute Gasteiger partial charge is 0.243 e. The van der Waals surface area contributed by atoms with Gasteiger partial charge in [0, 0.05) is 35.4 Å². The Hall–Kier alpha value is -1.49. The Morgan fingerprint density at radius 3 is 2.14 bits per heavy atom. The topological polar surface area (TPSA) is 69.7 Å². The lowest BCUT2D eigenvalue weighted by Gasteiger charge is -2.33. The zero-order valence-electron chi connectivity index (χ0n) is 16.6. The first-order valence-electron chi connectivity index (χ1n) is 9.63. The van der Waals surface area contributed by atoms with E-state index < -0.39 is 10.0 Å². The van der Waals surface area contributed by atoms with Crippen LogP contribution in [0.2, 0.25) is 0 Å². The van der Waals surface area contributed by atoms with Gasteiger partial charge in [-0.2, -0.15) is 4.31 Å². The van der Waals surface area contributed by atoms with Gasteiger partial charge in [-0.15, -0.1) is 0 Å². The third kappa shape index (κ3) is 5.78. The molecular formula is C21H26IN3O3S. The van der Waals surface area contributed by atoms with Crippen molar-refractivity contribution >= 4 is 44.2 Å². The summed E-state index contributed by atoms with van der Waals surface area (Å²) in [4.78, 5) is 14.6. The van der Waals surface area contributed by atoms with Gasteiger partial charge in [0.25, 0.3) is 0 Å². The summed E-state index contributed by atoms with van der Waals surface area (Å²) in [5, 5.41) is 2.88. The van der Waals surface area contributed by atoms with Crippen LogP contribution >= 0.6 is 22.6 Å². The lowest BCUT2D eigenvalue weighted by Crippen LogP contribution is -2.50. The van der Waals surface area contributed by atoms with Crippen molar-refractivity contribution in [2.45, 2.75) is 24.7 Å². The van der Waals surface area contributed by atoms with E-state index in [1.165, 1.54) is 4.31 Å². The number of piperazine rings is 1. The number of rotatable bonds is 6. The molecule has 2 aromatic rings. The fourth-order valence-corrected chi connectivity index (χ4v) is 5.02. The van der Waals surface area contributed by atoms with E-state index >= 15 is 0 Å². The summed E-state index contributed by atoms with van der Waals surface area (Å²) in [6.45, 7) is 6.24. The number of hydrogen-bond acceptors (Lipinski definition) is 4. The maximum Gasteiger partial charge on any atom is 0.243 e. The van der Waals surface area contributed by atoms with E-state index in [4.69, 9.17) is 0 Å². The predicted octanol–water partition coefficient (Wildman–Crippen LogP) is 3.36. The molecule has 6 nitrogen and oxygen atoms in total. The quantitative estimate of drug-likeness (QED) is 0.586. The van der Waals surface area contributed by atoms with Gasteiger partial charge in [-0.25, -0.2) is 8.42 Å². The highest BCUT2D eigenvalue weighted by molar-refractivity contribution is 14.1. The standard InChI is InChI=1S/C21H26IN3O3S/c1-16(2)17-3-9-20(10-4-17)29(27,28)25-13-11-24(12-14-25)15-21(26)23-19-7-5-18(22)6-8-19/h3-10,16H,11-15H2,1-2H3,(H,23,26). The van der Waals surface area contributed by atoms with Gasteiger partial charge < -0.3 is 5.32 Å². The average molecular weight is 527 g/mol. The fourth-order valence-electron chi connectivity index (χ4n) is 3.24. The van der Waals surface area contributed by atoms with Crippen LogP contribution < -0.4 is 5.32 Å². The number of hydrogen-bond donors (Lipinski definition) is 1. The molecule has 1 N–H and O–H groups in total. The van der Waals surface area contributed by atoms with Crippen molar-refractivity contribution < 1.29 is 13.2 Å². The maximum absolute atomic E-state index is 12.9. The third-order valence-corrected chi connectivity index (χ3v) is 7.64. The Balaban J connectivity index is 1.54. The first kappa shape index (κ1) is 22.2. The van der Waals surface area contributed by atoms with Gasteiger partial charge in [0.2, 0.25) is 15.9 Å². The first-order valence-corrected chi connectivity index (χ1v) is 12.2. The molecule has 0 saturated carbocycles. The Bertz CT molecular complexity index is 936. The van der Waals surface area contributed by atoms with E-state index in [9.17, 15) is 13.2 Å². The summed E-state index contributed by atoms with van der Waals surface area (Å²) in [7, 11) is -3.50. The Labute approximate surface area is 186 Å². The van der Waals surface area contributed by atoms with Crippen LogP contribution in [0.25, 0.3) is 0 Å². The number of nitrogens with one attached hydrogen (secondary N) is 1. The van der Waals surface area contributed by atoms with Crippen molar-refractivity contribution in [2.24, 2.45) is 0 Å². The number of nitrogens with zero attached hydrogens (tertiary/aromatic N) is 2. The average Bonchev–Trinajstić information content (AvgIpc) is 2.70. The highest BCUT2D eigenvalue weighted by atomic mass is 127. The molecule has 156 valence electrons. The molecule has 0 bridgehead atoms. The number of carbonyl (C=O) groups excluding carboxylic acids is 1. The van der Waals surface area contributed by atoms with Crippen molar-refractivity contribution in [1.29, 1.82) is 0 Å². The lowest BCUT2D eigenvalue weighted by atomic mass is 10.0. The van der Waals surface area contributed by atoms with E-state index in [1.54, 1.807) is 12.1 Å². The summed E-state index contributed by atoms with van der Waals surface area (Å²) >= 11 is 2.22. The minimum absolute atomic E-state index is 0.0909. The van der Waals surface area contributed by atoms with Gasteiger partial charge in [-0.1, -0.05) is 26.0 Å². The highest BCUT2D eigenvalue weighted by Crippen LogP contribution is 2.21. The van der Waals surface area contributed by atoms with Crippen LogP contribution in [0.5, 0.6) is 0 Å². The number of sulfonamides is 1. The molecule has 8 heteroatoms. The van der Waals surface area contributed by atoms with Crippen LogP contribution in [-0.2, 0) is 14.8 Å². The van der Waals surface area contributed by atoms with E-state index in [-0.39, 0.29) is 12.5 Å². The van der Waals surface area contributed by atoms with Crippen molar-refractivity contribution in [3.05, 3.63) is 57.7 Å². The molecular weight excluding hydrogens is 501 g/mol. The minimum Gasteiger partial charge on any atom is -0.325 e. The molecule has 1 aliphatic heterocycles. The molecule has 0 atom stereocenters. The summed E-state index contributed by atoms with van der Waals surface area (Å²) < 4.78 is 28.4. The van der Waals surface area contributed by atoms with Crippen molar-refractivity contribution in [1.82, 2.24) is 9.21 Å². The third-order valence-electron chi connectivity index (χ3n) is 5.01. The van der Waals surface area contributed by atoms with E-state index in [2.05, 4.69) is 41.8 Å². The molecule has 0 radical (unpaired) electrons. The van der Waals surface area contributed by atoms with Crippen LogP contribution in [0, 0.1) is 3.57 Å². The normalized spacial score (nSPS) is 16.1. The molecule has 1 heterocycles. The van der Waals surface area contributed by atoms with Crippen molar-refractivity contribution in [3.8, 4) is 0 Å². The number of amides is 1. The van der Waals surface area contributed by atoms with Gasteiger partial charge in [-0.3, -0.25) is 9.69 Å². The maximum atomic E-state index is 12.9. The van der Waals surface area contributed by atoms with Crippen LogP contribution in [-0.4, -0.2) is 56.3 Å². The van der Waals surface area contributed by atoms with Gasteiger partial charge in [0.1, 0.15) is 0 Å². The Kier molecular flexibility index (Phi) is 7.31. The second kappa shape index (κ2) is 9.55. The van der Waals surface area contributed by atoms with Crippen LogP contribution in [0.3, 0.4) is 0 Å². The van der Waals surface area contributed by atoms with Gasteiger partial charge >= 0.3 is 0 Å². The zero-order valence-corrected chi connectivity index (χ0v) is 19.6. The molecule has 3 rings (SSSR count). The van der Waals surface area contributed by atoms with E-state index in [0.717, 1.165) is 14.8 Å². The lowest BCUT2D eigenvalue weighted by molar-refractivity contribution is -0.117. The SMILES string of the molecule is CC(C)c1ccc(S(=O)(=O)N2CCN(CC(=O)Nc3ccc(I)cc3)CC2)cc1. The number of halogens is 1. The van der Waals surface area contributed by atoms with Crippen LogP contribution in [0.1, 0.15) is 25.3 Å².